The topological polar surface area (TPSA) is 81.4 Å². The van der Waals surface area contributed by atoms with E-state index in [1.54, 1.807) is 6.92 Å². The van der Waals surface area contributed by atoms with Crippen molar-refractivity contribution in [3.63, 3.8) is 0 Å². The lowest BCUT2D eigenvalue weighted by atomic mass is 9.32. The van der Waals surface area contributed by atoms with Gasteiger partial charge < -0.3 is 15.8 Å². The van der Waals surface area contributed by atoms with Crippen LogP contribution in [0.25, 0.3) is 0 Å². The molecule has 0 spiro atoms. The molecule has 5 aliphatic carbocycles. The Hall–Kier alpha value is -1.36. The van der Waals surface area contributed by atoms with Gasteiger partial charge in [-0.15, -0.1) is 0 Å². The van der Waals surface area contributed by atoms with E-state index in [-0.39, 0.29) is 51.2 Å². The van der Waals surface area contributed by atoms with Crippen LogP contribution in [0.2, 0.25) is 0 Å². The molecule has 0 aromatic carbocycles. The van der Waals surface area contributed by atoms with Crippen LogP contribution in [0.4, 0.5) is 0 Å². The van der Waals surface area contributed by atoms with E-state index < -0.39 is 0 Å². The van der Waals surface area contributed by atoms with Crippen LogP contribution in [-0.2, 0) is 14.3 Å². The van der Waals surface area contributed by atoms with Gasteiger partial charge in [0.2, 0.25) is 5.91 Å². The normalized spacial score (nSPS) is 48.9. The number of esters is 1. The van der Waals surface area contributed by atoms with Crippen molar-refractivity contribution in [1.29, 1.82) is 0 Å². The zero-order chi connectivity index (χ0) is 28.8. The maximum Gasteiger partial charge on any atom is 0.302 e. The van der Waals surface area contributed by atoms with Crippen molar-refractivity contribution < 1.29 is 14.3 Å². The van der Waals surface area contributed by atoms with E-state index in [0.717, 1.165) is 38.5 Å². The minimum atomic E-state index is -0.321. The van der Waals surface area contributed by atoms with E-state index in [4.69, 9.17) is 10.5 Å². The Labute approximate surface area is 237 Å². The summed E-state index contributed by atoms with van der Waals surface area (Å²) in [5, 5.41) is 3.15. The number of rotatable bonds is 4. The first-order valence-electron chi connectivity index (χ1n) is 15.9. The first-order chi connectivity index (χ1) is 18.0. The molecule has 0 saturated heterocycles. The van der Waals surface area contributed by atoms with Gasteiger partial charge in [-0.25, -0.2) is 0 Å². The zero-order valence-corrected chi connectivity index (χ0v) is 26.1. The number of fused-ring (bicyclic) bond motifs is 7. The van der Waals surface area contributed by atoms with Gasteiger partial charge in [0.1, 0.15) is 6.10 Å². The highest BCUT2D eigenvalue weighted by atomic mass is 16.5. The summed E-state index contributed by atoms with van der Waals surface area (Å²) >= 11 is 0. The van der Waals surface area contributed by atoms with Crippen molar-refractivity contribution in [2.24, 2.45) is 62.4 Å². The Morgan fingerprint density at radius 1 is 0.872 bits per heavy atom. The summed E-state index contributed by atoms with van der Waals surface area (Å²) in [6.07, 6.45) is 10.8. The first kappa shape index (κ1) is 29.1. The van der Waals surface area contributed by atoms with Crippen molar-refractivity contribution >= 4 is 11.9 Å². The highest BCUT2D eigenvalue weighted by Gasteiger charge is 2.72. The second-order valence-electron chi connectivity index (χ2n) is 16.1. The van der Waals surface area contributed by atoms with E-state index in [1.807, 2.05) is 6.92 Å². The predicted octanol–water partition coefficient (Wildman–Crippen LogP) is 7.00. The molecule has 0 aromatic heterocycles. The fourth-order valence-corrected chi connectivity index (χ4v) is 12.3. The second kappa shape index (κ2) is 9.33. The highest BCUT2D eigenvalue weighted by Crippen LogP contribution is 2.77. The summed E-state index contributed by atoms with van der Waals surface area (Å²) < 4.78 is 5.92. The molecular formula is C34H56N2O3. The van der Waals surface area contributed by atoms with Crippen LogP contribution >= 0.6 is 0 Å². The summed E-state index contributed by atoms with van der Waals surface area (Å²) in [5.41, 5.74) is 7.70. The van der Waals surface area contributed by atoms with Gasteiger partial charge in [-0.05, 0) is 124 Å². The SMILES string of the molecule is C=C(C)[C@@H]1CC[C@]2(C(=O)NC(C)N)CC[C@]3(C)[C@H](CC[C@@H]4[C@@]5(C)CC[C@H](OC(C)=O)C(C)(C)[C@@H]5CC[C@]43C)[C@@H]12. The first-order valence-corrected chi connectivity index (χ1v) is 15.9. The van der Waals surface area contributed by atoms with Crippen molar-refractivity contribution in [2.75, 3.05) is 0 Å². The van der Waals surface area contributed by atoms with Crippen molar-refractivity contribution in [2.45, 2.75) is 132 Å². The number of hydrogen-bond acceptors (Lipinski definition) is 4. The number of carbonyl (C=O) groups is 2. The number of nitrogens with two attached hydrogens (primary N) is 1. The Bertz CT molecular complexity index is 1040. The van der Waals surface area contributed by atoms with Crippen LogP contribution in [0.1, 0.15) is 120 Å². The Morgan fingerprint density at radius 3 is 2.18 bits per heavy atom. The fourth-order valence-electron chi connectivity index (χ4n) is 12.3. The summed E-state index contributed by atoms with van der Waals surface area (Å²) in [5.74, 6) is 2.55. The Kier molecular flexibility index (Phi) is 6.97. The van der Waals surface area contributed by atoms with E-state index in [2.05, 4.69) is 53.4 Å². The predicted molar refractivity (Wildman–Crippen MR) is 156 cm³/mol. The van der Waals surface area contributed by atoms with Gasteiger partial charge in [0.15, 0.2) is 0 Å². The Balaban J connectivity index is 1.51. The third-order valence-electron chi connectivity index (χ3n) is 14.1. The molecule has 5 fully saturated rings. The van der Waals surface area contributed by atoms with Crippen molar-refractivity contribution in [3.05, 3.63) is 12.2 Å². The molecule has 5 heteroatoms. The lowest BCUT2D eigenvalue weighted by Gasteiger charge is -2.72. The third-order valence-corrected chi connectivity index (χ3v) is 14.1. The number of amides is 1. The Morgan fingerprint density at radius 2 is 1.56 bits per heavy atom. The van der Waals surface area contributed by atoms with Gasteiger partial charge >= 0.3 is 5.97 Å². The summed E-state index contributed by atoms with van der Waals surface area (Å²) in [6.45, 7) is 22.6. The second-order valence-corrected chi connectivity index (χ2v) is 16.1. The number of carbonyl (C=O) groups excluding carboxylic acids is 2. The average Bonchev–Trinajstić information content (AvgIpc) is 3.22. The van der Waals surface area contributed by atoms with Gasteiger partial charge in [-0.1, -0.05) is 46.8 Å². The van der Waals surface area contributed by atoms with Gasteiger partial charge in [0.25, 0.3) is 0 Å². The molecule has 5 saturated carbocycles. The van der Waals surface area contributed by atoms with E-state index in [0.29, 0.717) is 29.6 Å². The van der Waals surface area contributed by atoms with Crippen LogP contribution in [-0.4, -0.2) is 24.1 Å². The van der Waals surface area contributed by atoms with Crippen LogP contribution in [0.5, 0.6) is 0 Å². The molecule has 5 aliphatic rings. The number of allylic oxidation sites excluding steroid dienone is 1. The minimum Gasteiger partial charge on any atom is -0.462 e. The minimum absolute atomic E-state index is 0.0120. The van der Waals surface area contributed by atoms with E-state index >= 15 is 0 Å². The molecular weight excluding hydrogens is 484 g/mol. The standard InChI is InChI=1S/C34H56N2O3/c1-20(2)23-12-17-34(29(38)36-21(3)35)19-18-32(8)24(28(23)34)10-11-26-31(7)15-14-27(39-22(4)37)30(5,6)25(31)13-16-33(26,32)9/h21,23-28H,1,10-19,35H2,2-9H3,(H,36,38)/t21?,23-,24+,25-,26+,27-,28+,31-,32+,33+,34-/m0/s1. The molecule has 1 unspecified atom stereocenters. The average molecular weight is 541 g/mol. The lowest BCUT2D eigenvalue weighted by molar-refractivity contribution is -0.248. The van der Waals surface area contributed by atoms with Crippen LogP contribution in [0.15, 0.2) is 12.2 Å². The molecule has 1 amide bonds. The molecule has 5 nitrogen and oxygen atoms in total. The van der Waals surface area contributed by atoms with Crippen LogP contribution in [0.3, 0.4) is 0 Å². The fraction of sp³-hybridized carbons (Fsp3) is 0.882. The smallest absolute Gasteiger partial charge is 0.302 e. The van der Waals surface area contributed by atoms with E-state index in [9.17, 15) is 9.59 Å². The molecule has 0 bridgehead atoms. The zero-order valence-electron chi connectivity index (χ0n) is 26.1. The maximum absolute atomic E-state index is 13.9. The number of nitrogens with one attached hydrogen (secondary N) is 1. The summed E-state index contributed by atoms with van der Waals surface area (Å²) in [6, 6.07) is 0. The van der Waals surface area contributed by atoms with Gasteiger partial charge in [0, 0.05) is 12.3 Å². The molecule has 39 heavy (non-hydrogen) atoms. The summed E-state index contributed by atoms with van der Waals surface area (Å²) in [7, 11) is 0. The molecule has 0 aromatic rings. The maximum atomic E-state index is 13.9. The molecule has 0 aliphatic heterocycles. The highest BCUT2D eigenvalue weighted by molar-refractivity contribution is 5.84. The number of hydrogen-bond donors (Lipinski definition) is 2. The van der Waals surface area contributed by atoms with Gasteiger partial charge in [0.05, 0.1) is 11.6 Å². The summed E-state index contributed by atoms with van der Waals surface area (Å²) in [4.78, 5) is 25.8. The van der Waals surface area contributed by atoms with Crippen molar-refractivity contribution in [1.82, 2.24) is 5.32 Å². The van der Waals surface area contributed by atoms with Crippen molar-refractivity contribution in [3.8, 4) is 0 Å². The molecule has 11 atom stereocenters. The molecule has 5 rings (SSSR count). The molecule has 220 valence electrons. The van der Waals surface area contributed by atoms with Gasteiger partial charge in [-0.2, -0.15) is 0 Å². The third kappa shape index (κ3) is 3.94. The molecule has 0 heterocycles. The molecule has 0 radical (unpaired) electrons. The lowest BCUT2D eigenvalue weighted by Crippen LogP contribution is -2.67. The largest absolute Gasteiger partial charge is 0.462 e. The monoisotopic (exact) mass is 540 g/mol. The quantitative estimate of drug-likeness (QED) is 0.229. The van der Waals surface area contributed by atoms with Gasteiger partial charge in [-0.3, -0.25) is 9.59 Å². The van der Waals surface area contributed by atoms with Crippen LogP contribution < -0.4 is 11.1 Å². The number of ether oxygens (including phenoxy) is 1. The molecule has 3 N–H and O–H groups in total. The van der Waals surface area contributed by atoms with Crippen LogP contribution in [0, 0.1) is 56.7 Å². The van der Waals surface area contributed by atoms with E-state index in [1.165, 1.54) is 31.3 Å².